The van der Waals surface area contributed by atoms with E-state index in [2.05, 4.69) is 31.2 Å². The summed E-state index contributed by atoms with van der Waals surface area (Å²) in [4.78, 5) is 16.4. The molecule has 7 rings (SSSR count). The zero-order valence-corrected chi connectivity index (χ0v) is 31.1. The zero-order chi connectivity index (χ0) is 40.0. The highest BCUT2D eigenvalue weighted by molar-refractivity contribution is 7.10. The van der Waals surface area contributed by atoms with Gasteiger partial charge in [0, 0.05) is 46.2 Å². The molecule has 0 unspecified atom stereocenters. The first kappa shape index (κ1) is 39.5. The van der Waals surface area contributed by atoms with Crippen LogP contribution in [0.4, 0.5) is 17.6 Å². The molecule has 0 amide bonds. The van der Waals surface area contributed by atoms with Crippen molar-refractivity contribution in [1.82, 2.24) is 39.5 Å². The molecule has 11 nitrogen and oxygen atoms in total. The first-order valence-electron chi connectivity index (χ1n) is 17.2. The third-order valence-corrected chi connectivity index (χ3v) is 10.6. The molecule has 0 saturated carbocycles. The number of halogens is 4. The maximum atomic E-state index is 14.9. The Morgan fingerprint density at radius 1 is 0.786 bits per heavy atom. The summed E-state index contributed by atoms with van der Waals surface area (Å²) in [6.07, 6.45) is 6.85. The maximum absolute atomic E-state index is 14.9. The normalized spacial score (nSPS) is 14.4. The number of hydrogen-bond donors (Lipinski definition) is 2. The van der Waals surface area contributed by atoms with Gasteiger partial charge in [0.05, 0.1) is 41.1 Å². The third kappa shape index (κ3) is 8.40. The van der Waals surface area contributed by atoms with Crippen molar-refractivity contribution in [2.75, 3.05) is 0 Å². The van der Waals surface area contributed by atoms with Crippen molar-refractivity contribution in [3.05, 3.63) is 166 Å². The van der Waals surface area contributed by atoms with Crippen LogP contribution in [0.25, 0.3) is 11.3 Å². The van der Waals surface area contributed by atoms with Crippen molar-refractivity contribution in [1.29, 1.82) is 5.26 Å². The van der Waals surface area contributed by atoms with Gasteiger partial charge in [-0.1, -0.05) is 44.2 Å². The van der Waals surface area contributed by atoms with Crippen LogP contribution in [-0.2, 0) is 24.3 Å². The number of pyridine rings is 1. The minimum absolute atomic E-state index is 0.0277. The highest BCUT2D eigenvalue weighted by atomic mass is 32.1. The van der Waals surface area contributed by atoms with Crippen molar-refractivity contribution in [2.45, 2.75) is 56.9 Å². The molecule has 0 aliphatic heterocycles. The van der Waals surface area contributed by atoms with Crippen LogP contribution >= 0.6 is 11.3 Å². The van der Waals surface area contributed by atoms with Crippen LogP contribution < -0.4 is 0 Å². The number of aryl methyl sites for hydroxylation is 1. The van der Waals surface area contributed by atoms with Crippen molar-refractivity contribution in [3.63, 3.8) is 0 Å². The molecule has 0 bridgehead atoms. The Bertz CT molecular complexity index is 2440. The molecule has 16 heteroatoms. The average Bonchev–Trinajstić information content (AvgIpc) is 3.99. The number of hydrogen-bond acceptors (Lipinski definition) is 10. The van der Waals surface area contributed by atoms with E-state index in [1.165, 1.54) is 77.3 Å². The monoisotopic (exact) mass is 781 g/mol. The Balaban J connectivity index is 0.000000194. The highest BCUT2D eigenvalue weighted by Gasteiger charge is 2.42. The van der Waals surface area contributed by atoms with Crippen LogP contribution in [-0.4, -0.2) is 49.7 Å². The molecule has 0 radical (unpaired) electrons. The second-order valence-corrected chi connectivity index (χ2v) is 14.1. The van der Waals surface area contributed by atoms with E-state index in [1.54, 1.807) is 31.2 Å². The van der Waals surface area contributed by atoms with E-state index < -0.39 is 46.3 Å². The lowest BCUT2D eigenvalue weighted by Gasteiger charge is -2.34. The lowest BCUT2D eigenvalue weighted by molar-refractivity contribution is -0.0133. The van der Waals surface area contributed by atoms with Gasteiger partial charge in [-0.25, -0.2) is 41.9 Å². The minimum Gasteiger partial charge on any atom is -0.382 e. The molecule has 56 heavy (non-hydrogen) atoms. The summed E-state index contributed by atoms with van der Waals surface area (Å²) >= 11 is 1.40. The van der Waals surface area contributed by atoms with E-state index in [9.17, 15) is 27.8 Å². The topological polar surface area (TPSA) is 151 Å². The highest BCUT2D eigenvalue weighted by Crippen LogP contribution is 2.42. The van der Waals surface area contributed by atoms with Crippen molar-refractivity contribution in [2.24, 2.45) is 0 Å². The molecule has 0 fully saturated rings. The number of nitrogens with zero attached hydrogens (tertiary/aromatic N) is 9. The molecular weight excluding hydrogens is 747 g/mol. The van der Waals surface area contributed by atoms with Gasteiger partial charge in [-0.3, -0.25) is 4.98 Å². The minimum atomic E-state index is -1.93. The van der Waals surface area contributed by atoms with Gasteiger partial charge in [0.1, 0.15) is 59.8 Å². The van der Waals surface area contributed by atoms with E-state index in [-0.39, 0.29) is 29.9 Å². The predicted octanol–water partition coefficient (Wildman–Crippen LogP) is 7.19. The predicted molar refractivity (Wildman–Crippen MR) is 199 cm³/mol. The van der Waals surface area contributed by atoms with Crippen LogP contribution in [0.5, 0.6) is 0 Å². The Morgan fingerprint density at radius 3 is 1.95 bits per heavy atom. The first-order valence-corrected chi connectivity index (χ1v) is 18.1. The molecule has 7 aromatic rings. The zero-order valence-electron chi connectivity index (χ0n) is 30.3. The Kier molecular flexibility index (Phi) is 11.8. The summed E-state index contributed by atoms with van der Waals surface area (Å²) in [6.45, 7) is 4.97. The molecule has 0 saturated heterocycles. The summed E-state index contributed by atoms with van der Waals surface area (Å²) < 4.78 is 59.6. The molecular formula is C40H35F4N9O2S. The molecule has 2 N–H and O–H groups in total. The fourth-order valence-corrected chi connectivity index (χ4v) is 7.30. The van der Waals surface area contributed by atoms with Gasteiger partial charge in [0.15, 0.2) is 0 Å². The quantitative estimate of drug-likeness (QED) is 0.130. The second kappa shape index (κ2) is 16.7. The molecule has 0 spiro atoms. The SMILES string of the molecule is C[C@H](c1ncccc1F)[C@@](O)(Cn1cncn1)c1ccc(F)cc1F.Cc1ccc([C@@](O)(Cn2cncn2)[C@@H](C)c2nc(-c3ccc(C#N)cc3)cs2)c(F)c1. The number of aromatic nitrogens is 8. The second-order valence-electron chi connectivity index (χ2n) is 13.2. The fraction of sp³-hybridized carbons (Fsp3) is 0.225. The summed E-state index contributed by atoms with van der Waals surface area (Å²) in [7, 11) is 0. The van der Waals surface area contributed by atoms with Gasteiger partial charge in [0.2, 0.25) is 0 Å². The van der Waals surface area contributed by atoms with Gasteiger partial charge in [-0.05, 0) is 48.9 Å². The molecule has 4 aromatic heterocycles. The fourth-order valence-electron chi connectivity index (χ4n) is 6.33. The Morgan fingerprint density at radius 2 is 1.39 bits per heavy atom. The van der Waals surface area contributed by atoms with Gasteiger partial charge in [-0.15, -0.1) is 11.3 Å². The maximum Gasteiger partial charge on any atom is 0.145 e. The van der Waals surface area contributed by atoms with Crippen LogP contribution in [0.3, 0.4) is 0 Å². The average molecular weight is 782 g/mol. The molecule has 0 aliphatic rings. The van der Waals surface area contributed by atoms with E-state index in [0.29, 0.717) is 16.6 Å². The van der Waals surface area contributed by atoms with E-state index in [4.69, 9.17) is 10.2 Å². The lowest BCUT2D eigenvalue weighted by atomic mass is 9.79. The van der Waals surface area contributed by atoms with E-state index >= 15 is 0 Å². The molecule has 4 atom stereocenters. The summed E-state index contributed by atoms with van der Waals surface area (Å²) in [6, 6.07) is 19.5. The van der Waals surface area contributed by atoms with Crippen LogP contribution in [0, 0.1) is 41.5 Å². The van der Waals surface area contributed by atoms with Crippen LogP contribution in [0.15, 0.2) is 110 Å². The number of benzene rings is 3. The third-order valence-electron chi connectivity index (χ3n) is 9.56. The smallest absolute Gasteiger partial charge is 0.145 e. The number of aliphatic hydroxyl groups is 2. The Hall–Kier alpha value is -6.15. The number of rotatable bonds is 11. The molecule has 3 aromatic carbocycles. The Labute approximate surface area is 323 Å². The van der Waals surface area contributed by atoms with Gasteiger partial charge >= 0.3 is 0 Å². The molecule has 286 valence electrons. The van der Waals surface area contributed by atoms with Crippen molar-refractivity contribution in [3.8, 4) is 17.3 Å². The standard InChI is InChI=1S/C23H20FN5OS.C17H15F3N4O/c1-15-3-8-19(20(24)9-15)23(30,12-29-14-26-13-27-29)16(2)22-28-21(11-31-22)18-6-4-17(10-25)5-7-18;1-11(16-14(19)3-2-6-22-16)17(25,8-24-10-21-9-23-24)13-5-4-12(18)7-15(13)20/h3-9,11,13-14,16,30H,12H2,1-2H3;2-7,9-11,25H,8H2,1H3/t16-,23+;11-,17+/m01/s1. The van der Waals surface area contributed by atoms with E-state index in [0.717, 1.165) is 29.0 Å². The first-order chi connectivity index (χ1) is 26.8. The molecule has 0 aliphatic carbocycles. The largest absolute Gasteiger partial charge is 0.382 e. The van der Waals surface area contributed by atoms with Crippen molar-refractivity contribution >= 4 is 11.3 Å². The van der Waals surface area contributed by atoms with Gasteiger partial charge in [0.25, 0.3) is 0 Å². The van der Waals surface area contributed by atoms with E-state index in [1.807, 2.05) is 24.4 Å². The number of thiazole rings is 1. The van der Waals surface area contributed by atoms with Crippen molar-refractivity contribution < 1.29 is 27.8 Å². The summed E-state index contributed by atoms with van der Waals surface area (Å²) in [5, 5.41) is 42.7. The molecule has 4 heterocycles. The van der Waals surface area contributed by atoms with Crippen LogP contribution in [0.2, 0.25) is 0 Å². The van der Waals surface area contributed by atoms with Crippen LogP contribution in [0.1, 0.15) is 58.6 Å². The summed E-state index contributed by atoms with van der Waals surface area (Å²) in [5.74, 6) is -4.29. The summed E-state index contributed by atoms with van der Waals surface area (Å²) in [5.41, 5.74) is -0.587. The van der Waals surface area contributed by atoms with Gasteiger partial charge < -0.3 is 10.2 Å². The van der Waals surface area contributed by atoms with Gasteiger partial charge in [-0.2, -0.15) is 15.5 Å². The number of nitriles is 1. The lowest BCUT2D eigenvalue weighted by Crippen LogP contribution is -2.39.